The van der Waals surface area contributed by atoms with Gasteiger partial charge in [0, 0.05) is 18.2 Å². The molecular formula is C25H19NO8. The zero-order chi connectivity index (χ0) is 24.4. The van der Waals surface area contributed by atoms with Crippen molar-refractivity contribution < 1.29 is 33.5 Å². The minimum absolute atomic E-state index is 0.0157. The van der Waals surface area contributed by atoms with Crippen molar-refractivity contribution in [3.63, 3.8) is 0 Å². The van der Waals surface area contributed by atoms with Crippen molar-refractivity contribution >= 4 is 23.5 Å². The molecule has 1 aliphatic heterocycles. The lowest BCUT2D eigenvalue weighted by atomic mass is 10.0. The minimum atomic E-state index is -0.628. The van der Waals surface area contributed by atoms with Gasteiger partial charge < -0.3 is 18.9 Å². The maximum Gasteiger partial charge on any atom is 0.343 e. The Morgan fingerprint density at radius 3 is 2.50 bits per heavy atom. The molecule has 9 nitrogen and oxygen atoms in total. The molecule has 0 N–H and O–H groups in total. The van der Waals surface area contributed by atoms with Crippen molar-refractivity contribution in [2.75, 3.05) is 14.2 Å². The van der Waals surface area contributed by atoms with E-state index in [2.05, 4.69) is 0 Å². The fraction of sp³-hybridized carbons (Fsp3) is 0.120. The third-order valence-electron chi connectivity index (χ3n) is 5.15. The highest BCUT2D eigenvalue weighted by atomic mass is 16.6. The predicted octanol–water partition coefficient (Wildman–Crippen LogP) is 4.76. The number of aryl methyl sites for hydroxylation is 1. The van der Waals surface area contributed by atoms with Crippen molar-refractivity contribution in [3.05, 3.63) is 92.7 Å². The molecule has 0 aromatic heterocycles. The number of esters is 1. The largest absolute Gasteiger partial charge is 0.493 e. The molecule has 0 atom stereocenters. The Morgan fingerprint density at radius 1 is 1.03 bits per heavy atom. The molecule has 0 radical (unpaired) electrons. The number of benzene rings is 3. The average molecular weight is 461 g/mol. The molecule has 0 unspecified atom stereocenters. The first-order valence-electron chi connectivity index (χ1n) is 10.1. The number of methoxy groups -OCH3 is 2. The maximum absolute atomic E-state index is 12.9. The monoisotopic (exact) mass is 461 g/mol. The van der Waals surface area contributed by atoms with E-state index in [-0.39, 0.29) is 34.3 Å². The number of nitro benzene ring substituents is 1. The molecule has 3 aromatic rings. The quantitative estimate of drug-likeness (QED) is 0.170. The summed E-state index contributed by atoms with van der Waals surface area (Å²) in [7, 11) is 2.95. The van der Waals surface area contributed by atoms with Crippen molar-refractivity contribution in [3.8, 4) is 23.0 Å². The van der Waals surface area contributed by atoms with Gasteiger partial charge in [0.1, 0.15) is 11.5 Å². The smallest absolute Gasteiger partial charge is 0.343 e. The van der Waals surface area contributed by atoms with E-state index in [1.807, 2.05) is 0 Å². The van der Waals surface area contributed by atoms with Crippen LogP contribution in [0.2, 0.25) is 0 Å². The summed E-state index contributed by atoms with van der Waals surface area (Å²) in [6.07, 6.45) is 1.43. The molecule has 4 rings (SSSR count). The summed E-state index contributed by atoms with van der Waals surface area (Å²) >= 11 is 0. The van der Waals surface area contributed by atoms with E-state index in [9.17, 15) is 19.7 Å². The normalized spacial score (nSPS) is 13.3. The molecule has 3 aromatic carbocycles. The van der Waals surface area contributed by atoms with Crippen LogP contribution in [-0.4, -0.2) is 30.9 Å². The summed E-state index contributed by atoms with van der Waals surface area (Å²) in [4.78, 5) is 36.0. The van der Waals surface area contributed by atoms with Gasteiger partial charge in [-0.3, -0.25) is 14.9 Å². The molecule has 172 valence electrons. The first kappa shape index (κ1) is 22.5. The number of ketones is 1. The standard InChI is InChI=1S/C25H19NO8/c1-14-9-18(33-25(28)16-7-8-19(31-2)20(12-16)32-3)13-21-23(14)24(27)22(34-21)11-15-5-4-6-17(10-15)26(29)30/h4-13H,1-3H3/b22-11-. The van der Waals surface area contributed by atoms with Crippen LogP contribution in [0.25, 0.3) is 6.08 Å². The van der Waals surface area contributed by atoms with E-state index >= 15 is 0 Å². The third kappa shape index (κ3) is 4.31. The third-order valence-corrected chi connectivity index (χ3v) is 5.15. The van der Waals surface area contributed by atoms with Crippen LogP contribution >= 0.6 is 0 Å². The first-order chi connectivity index (χ1) is 16.3. The van der Waals surface area contributed by atoms with Gasteiger partial charge >= 0.3 is 5.97 Å². The molecule has 0 fully saturated rings. The van der Waals surface area contributed by atoms with Crippen LogP contribution in [-0.2, 0) is 0 Å². The highest BCUT2D eigenvalue weighted by Gasteiger charge is 2.30. The van der Waals surface area contributed by atoms with Gasteiger partial charge in [-0.2, -0.15) is 0 Å². The van der Waals surface area contributed by atoms with E-state index < -0.39 is 10.9 Å². The summed E-state index contributed by atoms with van der Waals surface area (Å²) < 4.78 is 21.6. The van der Waals surface area contributed by atoms with Crippen LogP contribution in [0.1, 0.15) is 31.8 Å². The van der Waals surface area contributed by atoms with Crippen LogP contribution in [0.3, 0.4) is 0 Å². The SMILES string of the molecule is COc1ccc(C(=O)Oc2cc(C)c3c(c2)O/C(=C\c2cccc([N+](=O)[O-])c2)C3=O)cc1OC. The number of nitrogens with zero attached hydrogens (tertiary/aromatic N) is 1. The fourth-order valence-corrected chi connectivity index (χ4v) is 3.55. The number of ether oxygens (including phenoxy) is 4. The van der Waals surface area contributed by atoms with Crippen molar-refractivity contribution in [2.45, 2.75) is 6.92 Å². The number of hydrogen-bond donors (Lipinski definition) is 0. The van der Waals surface area contributed by atoms with Crippen LogP contribution in [0.15, 0.2) is 60.4 Å². The Morgan fingerprint density at radius 2 is 1.79 bits per heavy atom. The number of rotatable bonds is 6. The molecule has 1 heterocycles. The summed E-state index contributed by atoms with van der Waals surface area (Å²) in [6.45, 7) is 1.70. The molecule has 9 heteroatoms. The van der Waals surface area contributed by atoms with Gasteiger partial charge in [0.25, 0.3) is 5.69 Å². The van der Waals surface area contributed by atoms with Gasteiger partial charge in [0.05, 0.1) is 30.3 Å². The second-order valence-electron chi connectivity index (χ2n) is 7.36. The summed E-state index contributed by atoms with van der Waals surface area (Å²) in [5.41, 5.74) is 1.49. The topological polar surface area (TPSA) is 114 Å². The molecule has 34 heavy (non-hydrogen) atoms. The van der Waals surface area contributed by atoms with E-state index in [0.29, 0.717) is 28.2 Å². The Labute approximate surface area is 194 Å². The fourth-order valence-electron chi connectivity index (χ4n) is 3.55. The lowest BCUT2D eigenvalue weighted by Gasteiger charge is -2.10. The van der Waals surface area contributed by atoms with Crippen LogP contribution < -0.4 is 18.9 Å². The number of fused-ring (bicyclic) bond motifs is 1. The summed E-state index contributed by atoms with van der Waals surface area (Å²) in [5, 5.41) is 11.0. The Balaban J connectivity index is 1.59. The number of nitro groups is 1. The van der Waals surface area contributed by atoms with Gasteiger partial charge in [-0.1, -0.05) is 12.1 Å². The highest BCUT2D eigenvalue weighted by Crippen LogP contribution is 2.38. The first-order valence-corrected chi connectivity index (χ1v) is 10.1. The van der Waals surface area contributed by atoms with Gasteiger partial charge in [0.2, 0.25) is 5.78 Å². The zero-order valence-electron chi connectivity index (χ0n) is 18.5. The average Bonchev–Trinajstić information content (AvgIpc) is 3.13. The van der Waals surface area contributed by atoms with Crippen LogP contribution in [0.5, 0.6) is 23.0 Å². The van der Waals surface area contributed by atoms with E-state index in [0.717, 1.165) is 0 Å². The molecule has 0 saturated heterocycles. The molecular weight excluding hydrogens is 442 g/mol. The number of non-ortho nitro benzene ring substituents is 1. The molecule has 0 saturated carbocycles. The molecule has 0 amide bonds. The van der Waals surface area contributed by atoms with Crippen LogP contribution in [0.4, 0.5) is 5.69 Å². The van der Waals surface area contributed by atoms with Gasteiger partial charge in [-0.05, 0) is 48.4 Å². The van der Waals surface area contributed by atoms with Crippen molar-refractivity contribution in [1.29, 1.82) is 0 Å². The second-order valence-corrected chi connectivity index (χ2v) is 7.36. The van der Waals surface area contributed by atoms with Crippen molar-refractivity contribution in [1.82, 2.24) is 0 Å². The number of hydrogen-bond acceptors (Lipinski definition) is 8. The summed E-state index contributed by atoms with van der Waals surface area (Å²) in [6, 6.07) is 13.5. The molecule has 0 bridgehead atoms. The van der Waals surface area contributed by atoms with Gasteiger partial charge in [-0.25, -0.2) is 4.79 Å². The van der Waals surface area contributed by atoms with E-state index in [1.54, 1.807) is 31.2 Å². The Hall–Kier alpha value is -4.66. The number of allylic oxidation sites excluding steroid dienone is 1. The number of Topliss-reactive ketones (excluding diaryl/α,β-unsaturated/α-hetero) is 1. The summed E-state index contributed by atoms with van der Waals surface area (Å²) in [5.74, 6) is 0.308. The van der Waals surface area contributed by atoms with Crippen LogP contribution in [0, 0.1) is 17.0 Å². The van der Waals surface area contributed by atoms with Crippen molar-refractivity contribution in [2.24, 2.45) is 0 Å². The van der Waals surface area contributed by atoms with Gasteiger partial charge in [-0.15, -0.1) is 0 Å². The number of carbonyl (C=O) groups is 2. The van der Waals surface area contributed by atoms with E-state index in [1.165, 1.54) is 50.6 Å². The maximum atomic E-state index is 12.9. The molecule has 0 spiro atoms. The highest BCUT2D eigenvalue weighted by molar-refractivity contribution is 6.15. The second kappa shape index (κ2) is 9.07. The van der Waals surface area contributed by atoms with Gasteiger partial charge in [0.15, 0.2) is 17.3 Å². The molecule has 1 aliphatic rings. The Kier molecular flexibility index (Phi) is 6.01. The number of carbonyl (C=O) groups excluding carboxylic acids is 2. The minimum Gasteiger partial charge on any atom is -0.493 e. The molecule has 0 aliphatic carbocycles. The van der Waals surface area contributed by atoms with E-state index in [4.69, 9.17) is 18.9 Å². The predicted molar refractivity (Wildman–Crippen MR) is 122 cm³/mol. The zero-order valence-corrected chi connectivity index (χ0v) is 18.5. The Bertz CT molecular complexity index is 1360. The lowest BCUT2D eigenvalue weighted by Crippen LogP contribution is -2.09. The lowest BCUT2D eigenvalue weighted by molar-refractivity contribution is -0.384.